The Morgan fingerprint density at radius 2 is 1.08 bits per heavy atom. The predicted octanol–water partition coefficient (Wildman–Crippen LogP) is 3.94. The second-order valence-corrected chi connectivity index (χ2v) is 8.08. The van der Waals surface area contributed by atoms with E-state index in [1.165, 1.54) is 38.5 Å². The van der Waals surface area contributed by atoms with Gasteiger partial charge in [-0.15, -0.1) is 0 Å². The fraction of sp³-hybridized carbons (Fsp3) is 0.900. The van der Waals surface area contributed by atoms with Crippen molar-refractivity contribution >= 4 is 11.8 Å². The Labute approximate surface area is 147 Å². The third-order valence-electron chi connectivity index (χ3n) is 5.97. The van der Waals surface area contributed by atoms with Gasteiger partial charge in [-0.1, -0.05) is 39.5 Å². The molecule has 0 aromatic heterocycles. The highest BCUT2D eigenvalue weighted by molar-refractivity contribution is 5.77. The van der Waals surface area contributed by atoms with Crippen molar-refractivity contribution < 1.29 is 9.59 Å². The topological polar surface area (TPSA) is 58.2 Å². The van der Waals surface area contributed by atoms with Gasteiger partial charge in [0.1, 0.15) is 0 Å². The summed E-state index contributed by atoms with van der Waals surface area (Å²) in [6.07, 6.45) is 12.5. The molecule has 0 saturated heterocycles. The Balaban J connectivity index is 1.55. The summed E-state index contributed by atoms with van der Waals surface area (Å²) < 4.78 is 0. The zero-order valence-electron chi connectivity index (χ0n) is 15.6. The van der Waals surface area contributed by atoms with E-state index in [-0.39, 0.29) is 11.8 Å². The molecule has 2 aliphatic carbocycles. The summed E-state index contributed by atoms with van der Waals surface area (Å²) in [4.78, 5) is 24.1. The number of nitrogens with one attached hydrogen (secondary N) is 2. The molecule has 2 rings (SSSR count). The van der Waals surface area contributed by atoms with Crippen molar-refractivity contribution in [1.82, 2.24) is 10.6 Å². The summed E-state index contributed by atoms with van der Waals surface area (Å²) in [5, 5.41) is 6.38. The summed E-state index contributed by atoms with van der Waals surface area (Å²) in [7, 11) is 0. The molecule has 2 saturated carbocycles. The van der Waals surface area contributed by atoms with Crippen molar-refractivity contribution in [2.45, 2.75) is 103 Å². The minimum Gasteiger partial charge on any atom is -0.353 e. The van der Waals surface area contributed by atoms with Gasteiger partial charge >= 0.3 is 0 Å². The second-order valence-electron chi connectivity index (χ2n) is 8.08. The quantitative estimate of drug-likeness (QED) is 0.692. The van der Waals surface area contributed by atoms with Crippen molar-refractivity contribution in [3.8, 4) is 0 Å². The zero-order valence-corrected chi connectivity index (χ0v) is 15.6. The first-order valence-electron chi connectivity index (χ1n) is 10.1. The van der Waals surface area contributed by atoms with Crippen LogP contribution in [0.4, 0.5) is 0 Å². The fourth-order valence-corrected chi connectivity index (χ4v) is 4.19. The molecule has 2 N–H and O–H groups in total. The molecule has 2 amide bonds. The first-order valence-corrected chi connectivity index (χ1v) is 10.1. The number of amides is 2. The van der Waals surface area contributed by atoms with Gasteiger partial charge < -0.3 is 10.6 Å². The monoisotopic (exact) mass is 336 g/mol. The van der Waals surface area contributed by atoms with E-state index >= 15 is 0 Å². The third kappa shape index (κ3) is 6.45. The Bertz CT molecular complexity index is 372. The van der Waals surface area contributed by atoms with Crippen LogP contribution >= 0.6 is 0 Å². The molecule has 4 nitrogen and oxygen atoms in total. The molecular weight excluding hydrogens is 300 g/mol. The van der Waals surface area contributed by atoms with Crippen molar-refractivity contribution in [2.75, 3.05) is 0 Å². The molecule has 0 aliphatic heterocycles. The number of unbranched alkanes of at least 4 members (excludes halogenated alkanes) is 1. The molecule has 0 aromatic rings. The maximum atomic E-state index is 12.0. The zero-order chi connectivity index (χ0) is 17.4. The van der Waals surface area contributed by atoms with E-state index in [9.17, 15) is 9.59 Å². The molecule has 2 aliphatic rings. The highest BCUT2D eigenvalue weighted by atomic mass is 16.2. The van der Waals surface area contributed by atoms with Crippen LogP contribution < -0.4 is 10.6 Å². The number of hydrogen-bond donors (Lipinski definition) is 2. The predicted molar refractivity (Wildman–Crippen MR) is 97.6 cm³/mol. The van der Waals surface area contributed by atoms with Crippen LogP contribution in [0.25, 0.3) is 0 Å². The normalized spacial score (nSPS) is 30.6. The van der Waals surface area contributed by atoms with E-state index < -0.39 is 0 Å². The van der Waals surface area contributed by atoms with Gasteiger partial charge in [-0.25, -0.2) is 0 Å². The molecule has 24 heavy (non-hydrogen) atoms. The Morgan fingerprint density at radius 3 is 1.46 bits per heavy atom. The van der Waals surface area contributed by atoms with Crippen LogP contribution in [0.1, 0.15) is 90.9 Å². The van der Waals surface area contributed by atoms with Crippen LogP contribution in [0.15, 0.2) is 0 Å². The van der Waals surface area contributed by atoms with Crippen molar-refractivity contribution in [2.24, 2.45) is 11.8 Å². The first kappa shape index (κ1) is 19.3. The minimum atomic E-state index is 0.162. The highest BCUT2D eigenvalue weighted by Crippen LogP contribution is 2.24. The average molecular weight is 337 g/mol. The van der Waals surface area contributed by atoms with Crippen LogP contribution in [-0.4, -0.2) is 23.9 Å². The molecule has 138 valence electrons. The van der Waals surface area contributed by atoms with Gasteiger partial charge in [-0.05, 0) is 50.4 Å². The van der Waals surface area contributed by atoms with Crippen LogP contribution in [0.2, 0.25) is 0 Å². The molecule has 0 bridgehead atoms. The maximum Gasteiger partial charge on any atom is 0.220 e. The van der Waals surface area contributed by atoms with Gasteiger partial charge in [0.2, 0.25) is 11.8 Å². The lowest BCUT2D eigenvalue weighted by molar-refractivity contribution is -0.124. The Kier molecular flexibility index (Phi) is 8.07. The lowest BCUT2D eigenvalue weighted by Gasteiger charge is -2.29. The van der Waals surface area contributed by atoms with Gasteiger partial charge in [0.15, 0.2) is 0 Å². The summed E-state index contributed by atoms with van der Waals surface area (Å²) in [5.74, 6) is 1.53. The van der Waals surface area contributed by atoms with Crippen LogP contribution in [0.3, 0.4) is 0 Å². The van der Waals surface area contributed by atoms with Crippen molar-refractivity contribution in [3.63, 3.8) is 0 Å². The van der Waals surface area contributed by atoms with E-state index in [0.717, 1.165) is 25.7 Å². The molecule has 0 radical (unpaired) electrons. The summed E-state index contributed by atoms with van der Waals surface area (Å²) in [6, 6.07) is 0.727. The number of carbonyl (C=O) groups excluding carboxylic acids is 2. The Hall–Kier alpha value is -1.06. The van der Waals surface area contributed by atoms with Crippen LogP contribution in [-0.2, 0) is 9.59 Å². The van der Waals surface area contributed by atoms with Gasteiger partial charge in [-0.2, -0.15) is 0 Å². The molecule has 4 heteroatoms. The lowest BCUT2D eigenvalue weighted by Crippen LogP contribution is -2.41. The van der Waals surface area contributed by atoms with E-state index in [0.29, 0.717) is 36.8 Å². The van der Waals surface area contributed by atoms with Crippen molar-refractivity contribution in [3.05, 3.63) is 0 Å². The Morgan fingerprint density at radius 1 is 0.708 bits per heavy atom. The SMILES string of the molecule is C[C@@H]1CCCC[C@@H]1NC(=O)CCCCC(=O)N[C@H]1CCCC[C@H]1C. The summed E-state index contributed by atoms with van der Waals surface area (Å²) in [5.41, 5.74) is 0. The van der Waals surface area contributed by atoms with Crippen LogP contribution in [0.5, 0.6) is 0 Å². The van der Waals surface area contributed by atoms with Gasteiger partial charge in [-0.3, -0.25) is 9.59 Å². The number of hydrogen-bond acceptors (Lipinski definition) is 2. The summed E-state index contributed by atoms with van der Waals surface area (Å²) >= 11 is 0. The molecule has 2 fully saturated rings. The molecule has 0 unspecified atom stereocenters. The second kappa shape index (κ2) is 10.0. The first-order chi connectivity index (χ1) is 11.6. The largest absolute Gasteiger partial charge is 0.353 e. The fourth-order valence-electron chi connectivity index (χ4n) is 4.19. The summed E-state index contributed by atoms with van der Waals surface area (Å²) in [6.45, 7) is 4.47. The smallest absolute Gasteiger partial charge is 0.220 e. The van der Waals surface area contributed by atoms with E-state index in [1.807, 2.05) is 0 Å². The third-order valence-corrected chi connectivity index (χ3v) is 5.97. The molecule has 4 atom stereocenters. The number of carbonyl (C=O) groups is 2. The average Bonchev–Trinajstić information content (AvgIpc) is 2.56. The van der Waals surface area contributed by atoms with E-state index in [1.54, 1.807) is 0 Å². The highest BCUT2D eigenvalue weighted by Gasteiger charge is 2.23. The van der Waals surface area contributed by atoms with E-state index in [4.69, 9.17) is 0 Å². The molecule has 0 heterocycles. The lowest BCUT2D eigenvalue weighted by atomic mass is 9.86. The standard InChI is InChI=1S/C20H36N2O2/c1-15-9-3-5-11-17(15)21-19(23)13-7-8-14-20(24)22-18-12-6-4-10-16(18)2/h15-18H,3-14H2,1-2H3,(H,21,23)(H,22,24)/t15-,16-,17+,18+/m1/s1. The van der Waals surface area contributed by atoms with Crippen LogP contribution in [0, 0.1) is 11.8 Å². The van der Waals surface area contributed by atoms with Crippen molar-refractivity contribution in [1.29, 1.82) is 0 Å². The molecule has 0 aromatic carbocycles. The number of rotatable bonds is 7. The maximum absolute atomic E-state index is 12.0. The van der Waals surface area contributed by atoms with E-state index in [2.05, 4.69) is 24.5 Å². The molecular formula is C20H36N2O2. The van der Waals surface area contributed by atoms with Gasteiger partial charge in [0, 0.05) is 24.9 Å². The van der Waals surface area contributed by atoms with Gasteiger partial charge in [0.25, 0.3) is 0 Å². The molecule has 0 spiro atoms. The minimum absolute atomic E-state index is 0.162. The van der Waals surface area contributed by atoms with Gasteiger partial charge in [0.05, 0.1) is 0 Å².